The van der Waals surface area contributed by atoms with Crippen LogP contribution in [0.3, 0.4) is 0 Å². The van der Waals surface area contributed by atoms with E-state index in [2.05, 4.69) is 10.2 Å². The number of hydrogen-bond donors (Lipinski definition) is 1. The molecule has 0 unspecified atom stereocenters. The zero-order chi connectivity index (χ0) is 20.4. The monoisotopic (exact) mass is 385 g/mol. The van der Waals surface area contributed by atoms with E-state index in [1.807, 2.05) is 55.5 Å². The molecule has 6 nitrogen and oxygen atoms in total. The lowest BCUT2D eigenvalue weighted by molar-refractivity contribution is 0.100. The highest BCUT2D eigenvalue weighted by Gasteiger charge is 2.12. The van der Waals surface area contributed by atoms with Gasteiger partial charge in [0.1, 0.15) is 0 Å². The largest absolute Gasteiger partial charge is 0.493 e. The van der Waals surface area contributed by atoms with Crippen molar-refractivity contribution in [1.29, 1.82) is 0 Å². The van der Waals surface area contributed by atoms with Crippen molar-refractivity contribution in [1.82, 2.24) is 10.2 Å². The second kappa shape index (κ2) is 7.59. The van der Waals surface area contributed by atoms with Gasteiger partial charge in [-0.3, -0.25) is 4.79 Å². The SMILES string of the molecule is COc1ccccc1Oc1nncc2cc(-c3cc(C(N)=O)ccc3C)ccc12. The smallest absolute Gasteiger partial charge is 0.248 e. The quantitative estimate of drug-likeness (QED) is 0.546. The van der Waals surface area contributed by atoms with E-state index in [1.54, 1.807) is 25.4 Å². The maximum atomic E-state index is 11.6. The minimum Gasteiger partial charge on any atom is -0.493 e. The van der Waals surface area contributed by atoms with Crippen LogP contribution in [0.2, 0.25) is 0 Å². The first-order chi connectivity index (χ1) is 14.1. The van der Waals surface area contributed by atoms with E-state index in [-0.39, 0.29) is 0 Å². The van der Waals surface area contributed by atoms with Gasteiger partial charge in [0.2, 0.25) is 11.8 Å². The van der Waals surface area contributed by atoms with Gasteiger partial charge in [-0.25, -0.2) is 0 Å². The lowest BCUT2D eigenvalue weighted by atomic mass is 9.96. The highest BCUT2D eigenvalue weighted by molar-refractivity contribution is 5.95. The van der Waals surface area contributed by atoms with Crippen LogP contribution in [0.5, 0.6) is 17.4 Å². The third-order valence-corrected chi connectivity index (χ3v) is 4.74. The van der Waals surface area contributed by atoms with Crippen molar-refractivity contribution in [3.8, 4) is 28.5 Å². The third kappa shape index (κ3) is 3.60. The predicted molar refractivity (Wildman–Crippen MR) is 111 cm³/mol. The molecule has 0 saturated heterocycles. The topological polar surface area (TPSA) is 87.3 Å². The minimum absolute atomic E-state index is 0.390. The first kappa shape index (κ1) is 18.4. The number of ether oxygens (including phenoxy) is 2. The van der Waals surface area contributed by atoms with E-state index in [0.29, 0.717) is 22.9 Å². The maximum Gasteiger partial charge on any atom is 0.248 e. The van der Waals surface area contributed by atoms with E-state index >= 15 is 0 Å². The van der Waals surface area contributed by atoms with Crippen molar-refractivity contribution in [2.45, 2.75) is 6.92 Å². The minimum atomic E-state index is -0.453. The van der Waals surface area contributed by atoms with Gasteiger partial charge in [0.05, 0.1) is 13.3 Å². The van der Waals surface area contributed by atoms with E-state index < -0.39 is 5.91 Å². The van der Waals surface area contributed by atoms with Gasteiger partial charge < -0.3 is 15.2 Å². The van der Waals surface area contributed by atoms with Crippen LogP contribution in [-0.4, -0.2) is 23.2 Å². The number of amides is 1. The average Bonchev–Trinajstić information content (AvgIpc) is 2.74. The molecule has 0 aliphatic heterocycles. The Morgan fingerprint density at radius 1 is 1.00 bits per heavy atom. The summed E-state index contributed by atoms with van der Waals surface area (Å²) in [7, 11) is 1.59. The van der Waals surface area contributed by atoms with Gasteiger partial charge in [-0.15, -0.1) is 5.10 Å². The third-order valence-electron chi connectivity index (χ3n) is 4.74. The van der Waals surface area contributed by atoms with Crippen LogP contribution in [0, 0.1) is 6.92 Å². The molecule has 29 heavy (non-hydrogen) atoms. The summed E-state index contributed by atoms with van der Waals surface area (Å²) in [6.07, 6.45) is 1.68. The Kier molecular flexibility index (Phi) is 4.83. The fourth-order valence-electron chi connectivity index (χ4n) is 3.20. The molecule has 6 heteroatoms. The summed E-state index contributed by atoms with van der Waals surface area (Å²) in [5, 5.41) is 9.91. The molecular formula is C23H19N3O3. The summed E-state index contributed by atoms with van der Waals surface area (Å²) in [6.45, 7) is 1.99. The summed E-state index contributed by atoms with van der Waals surface area (Å²) in [6, 6.07) is 18.7. The standard InChI is InChI=1S/C23H19N3O3/c1-14-7-8-16(22(24)27)12-19(14)15-9-10-18-17(11-15)13-25-26-23(18)29-21-6-4-3-5-20(21)28-2/h3-13H,1-2H3,(H2,24,27). The van der Waals surface area contributed by atoms with Crippen LogP contribution in [0.25, 0.3) is 21.9 Å². The number of hydrogen-bond acceptors (Lipinski definition) is 5. The number of aryl methyl sites for hydroxylation is 1. The predicted octanol–water partition coefficient (Wildman–Crippen LogP) is 4.51. The van der Waals surface area contributed by atoms with Gasteiger partial charge in [0.15, 0.2) is 11.5 Å². The summed E-state index contributed by atoms with van der Waals surface area (Å²) < 4.78 is 11.3. The van der Waals surface area contributed by atoms with Gasteiger partial charge in [-0.05, 0) is 60.0 Å². The van der Waals surface area contributed by atoms with Crippen molar-refractivity contribution in [3.63, 3.8) is 0 Å². The Bertz CT molecular complexity index is 1220. The Hall–Kier alpha value is -3.93. The molecule has 0 saturated carbocycles. The number of primary amides is 1. The number of methoxy groups -OCH3 is 1. The van der Waals surface area contributed by atoms with Crippen molar-refractivity contribution in [2.24, 2.45) is 5.73 Å². The lowest BCUT2D eigenvalue weighted by Gasteiger charge is -2.12. The van der Waals surface area contributed by atoms with E-state index in [4.69, 9.17) is 15.2 Å². The van der Waals surface area contributed by atoms with Crippen molar-refractivity contribution in [2.75, 3.05) is 7.11 Å². The molecule has 0 atom stereocenters. The normalized spacial score (nSPS) is 10.7. The van der Waals surface area contributed by atoms with Crippen LogP contribution in [0.1, 0.15) is 15.9 Å². The van der Waals surface area contributed by atoms with Crippen LogP contribution in [0.15, 0.2) is 66.9 Å². The van der Waals surface area contributed by atoms with Crippen molar-refractivity contribution in [3.05, 3.63) is 78.0 Å². The molecule has 4 aromatic rings. The number of carbonyl (C=O) groups is 1. The van der Waals surface area contributed by atoms with Crippen molar-refractivity contribution < 1.29 is 14.3 Å². The zero-order valence-corrected chi connectivity index (χ0v) is 16.0. The number of carbonyl (C=O) groups excluding carboxylic acids is 1. The Morgan fingerprint density at radius 2 is 1.79 bits per heavy atom. The molecule has 0 fully saturated rings. The molecule has 0 radical (unpaired) electrons. The second-order valence-electron chi connectivity index (χ2n) is 6.60. The molecule has 0 bridgehead atoms. The first-order valence-electron chi connectivity index (χ1n) is 9.04. The number of rotatable bonds is 5. The van der Waals surface area contributed by atoms with Crippen LogP contribution >= 0.6 is 0 Å². The summed E-state index contributed by atoms with van der Waals surface area (Å²) >= 11 is 0. The molecule has 144 valence electrons. The summed E-state index contributed by atoms with van der Waals surface area (Å²) in [5.74, 6) is 1.11. The van der Waals surface area contributed by atoms with Gasteiger partial charge in [-0.1, -0.05) is 24.3 Å². The van der Waals surface area contributed by atoms with Gasteiger partial charge in [-0.2, -0.15) is 5.10 Å². The summed E-state index contributed by atoms with van der Waals surface area (Å²) in [5.41, 5.74) is 8.84. The van der Waals surface area contributed by atoms with Crippen LogP contribution < -0.4 is 15.2 Å². The lowest BCUT2D eigenvalue weighted by Crippen LogP contribution is -2.10. The number of fused-ring (bicyclic) bond motifs is 1. The molecule has 2 N–H and O–H groups in total. The molecule has 0 spiro atoms. The number of aromatic nitrogens is 2. The average molecular weight is 385 g/mol. The molecule has 1 amide bonds. The number of nitrogens with two attached hydrogens (primary N) is 1. The van der Waals surface area contributed by atoms with E-state index in [1.165, 1.54) is 0 Å². The van der Waals surface area contributed by atoms with Crippen LogP contribution in [-0.2, 0) is 0 Å². The van der Waals surface area contributed by atoms with E-state index in [0.717, 1.165) is 27.5 Å². The summed E-state index contributed by atoms with van der Waals surface area (Å²) in [4.78, 5) is 11.6. The highest BCUT2D eigenvalue weighted by Crippen LogP contribution is 2.35. The fraction of sp³-hybridized carbons (Fsp3) is 0.0870. The van der Waals surface area contributed by atoms with E-state index in [9.17, 15) is 4.79 Å². The zero-order valence-electron chi connectivity index (χ0n) is 16.0. The van der Waals surface area contributed by atoms with Gasteiger partial charge >= 0.3 is 0 Å². The molecule has 1 aromatic heterocycles. The van der Waals surface area contributed by atoms with Gasteiger partial charge in [0, 0.05) is 16.3 Å². The molecule has 3 aromatic carbocycles. The molecule has 1 heterocycles. The Balaban J connectivity index is 1.77. The number of nitrogens with zero attached hydrogens (tertiary/aromatic N) is 2. The second-order valence-corrected chi connectivity index (χ2v) is 6.60. The molecule has 4 rings (SSSR count). The fourth-order valence-corrected chi connectivity index (χ4v) is 3.20. The highest BCUT2D eigenvalue weighted by atomic mass is 16.5. The molecular weight excluding hydrogens is 366 g/mol. The molecule has 0 aliphatic rings. The van der Waals surface area contributed by atoms with Crippen molar-refractivity contribution >= 4 is 16.7 Å². The Morgan fingerprint density at radius 3 is 2.55 bits per heavy atom. The van der Waals surface area contributed by atoms with Crippen LogP contribution in [0.4, 0.5) is 0 Å². The maximum absolute atomic E-state index is 11.6. The van der Waals surface area contributed by atoms with Gasteiger partial charge in [0.25, 0.3) is 0 Å². The first-order valence-corrected chi connectivity index (χ1v) is 9.04. The number of benzene rings is 3. The number of para-hydroxylation sites is 2. The molecule has 0 aliphatic carbocycles. The Labute approximate surface area is 167 Å².